The van der Waals surface area contributed by atoms with E-state index in [1.54, 1.807) is 0 Å². The number of hydrogen-bond donors (Lipinski definition) is 0. The third kappa shape index (κ3) is 5.09. The Bertz CT molecular complexity index is 315. The summed E-state index contributed by atoms with van der Waals surface area (Å²) in [5, 5.41) is 0. The highest BCUT2D eigenvalue weighted by molar-refractivity contribution is 5.71. The number of carbonyl (C=O) groups is 2. The van der Waals surface area contributed by atoms with Gasteiger partial charge in [0.05, 0.1) is 27.3 Å². The molecule has 0 aliphatic carbocycles. The van der Waals surface area contributed by atoms with E-state index in [1.165, 1.54) is 0 Å². The predicted octanol–water partition coefficient (Wildman–Crippen LogP) is 0.0194. The monoisotopic (exact) mass is 288 g/mol. The lowest BCUT2D eigenvalue weighted by Crippen LogP contribution is -2.66. The average Bonchev–Trinajstić information content (AvgIpc) is 2.34. The fraction of sp³-hybridized carbons (Fsp3) is 0.857. The highest BCUT2D eigenvalue weighted by Crippen LogP contribution is 2.16. The molecule has 0 saturated carbocycles. The predicted molar refractivity (Wildman–Crippen MR) is 74.8 cm³/mol. The standard InChI is InChI=1S/C14H28N2O4/c1-5-19-13(17)11-15(3)7-9-16(4,10-8-15)12-14(18)20-6-2/h5-12H2,1-4H3/q+2. The van der Waals surface area contributed by atoms with Gasteiger partial charge in [-0.2, -0.15) is 0 Å². The van der Waals surface area contributed by atoms with E-state index < -0.39 is 0 Å². The van der Waals surface area contributed by atoms with Gasteiger partial charge < -0.3 is 18.4 Å². The van der Waals surface area contributed by atoms with E-state index >= 15 is 0 Å². The molecule has 0 aromatic heterocycles. The van der Waals surface area contributed by atoms with Crippen LogP contribution in [-0.4, -0.2) is 87.5 Å². The smallest absolute Gasteiger partial charge is 0.361 e. The Hall–Kier alpha value is -1.14. The average molecular weight is 288 g/mol. The zero-order valence-corrected chi connectivity index (χ0v) is 13.2. The Morgan fingerprint density at radius 2 is 1.10 bits per heavy atom. The van der Waals surface area contributed by atoms with Gasteiger partial charge in [0.25, 0.3) is 0 Å². The third-order valence-electron chi connectivity index (χ3n) is 3.99. The molecule has 1 saturated heterocycles. The molecule has 0 amide bonds. The van der Waals surface area contributed by atoms with Crippen LogP contribution < -0.4 is 0 Å². The zero-order chi connectivity index (χ0) is 15.2. The number of ether oxygens (including phenoxy) is 2. The molecule has 1 heterocycles. The first kappa shape index (κ1) is 16.9. The molecule has 20 heavy (non-hydrogen) atoms. The Balaban J connectivity index is 2.48. The van der Waals surface area contributed by atoms with Crippen LogP contribution in [0.4, 0.5) is 0 Å². The molecule has 0 bridgehead atoms. The number of esters is 2. The van der Waals surface area contributed by atoms with Crippen LogP contribution in [0.25, 0.3) is 0 Å². The van der Waals surface area contributed by atoms with E-state index in [-0.39, 0.29) is 11.9 Å². The fourth-order valence-electron chi connectivity index (χ4n) is 2.54. The van der Waals surface area contributed by atoms with Crippen molar-refractivity contribution in [1.29, 1.82) is 0 Å². The van der Waals surface area contributed by atoms with Gasteiger partial charge in [0.15, 0.2) is 13.1 Å². The molecule has 0 spiro atoms. The quantitative estimate of drug-likeness (QED) is 0.511. The van der Waals surface area contributed by atoms with Gasteiger partial charge in [0.2, 0.25) is 0 Å². The van der Waals surface area contributed by atoms with Crippen molar-refractivity contribution in [2.24, 2.45) is 0 Å². The number of piperazine rings is 1. The number of hydrogen-bond acceptors (Lipinski definition) is 4. The van der Waals surface area contributed by atoms with Crippen molar-refractivity contribution in [3.05, 3.63) is 0 Å². The van der Waals surface area contributed by atoms with Crippen molar-refractivity contribution in [3.8, 4) is 0 Å². The molecule has 6 heteroatoms. The van der Waals surface area contributed by atoms with E-state index in [9.17, 15) is 9.59 Å². The van der Waals surface area contributed by atoms with Gasteiger partial charge in [-0.15, -0.1) is 0 Å². The number of carbonyl (C=O) groups excluding carboxylic acids is 2. The van der Waals surface area contributed by atoms with Gasteiger partial charge in [-0.05, 0) is 13.8 Å². The third-order valence-corrected chi connectivity index (χ3v) is 3.99. The number of nitrogens with zero attached hydrogens (tertiary/aromatic N) is 2. The highest BCUT2D eigenvalue weighted by Gasteiger charge is 2.40. The lowest BCUT2D eigenvalue weighted by molar-refractivity contribution is -1.01. The van der Waals surface area contributed by atoms with Gasteiger partial charge in [0, 0.05) is 0 Å². The maximum atomic E-state index is 11.6. The van der Waals surface area contributed by atoms with Crippen molar-refractivity contribution in [2.45, 2.75) is 13.8 Å². The van der Waals surface area contributed by atoms with Crippen LogP contribution in [-0.2, 0) is 19.1 Å². The summed E-state index contributed by atoms with van der Waals surface area (Å²) >= 11 is 0. The van der Waals surface area contributed by atoms with Crippen LogP contribution in [0.5, 0.6) is 0 Å². The second kappa shape index (κ2) is 7.04. The molecule has 1 fully saturated rings. The SMILES string of the molecule is CCOC(=O)C[N+]1(C)CC[N+](C)(CC(=O)OCC)CC1. The van der Waals surface area contributed by atoms with E-state index in [2.05, 4.69) is 14.1 Å². The van der Waals surface area contributed by atoms with Crippen LogP contribution in [0.2, 0.25) is 0 Å². The van der Waals surface area contributed by atoms with Crippen LogP contribution in [0.15, 0.2) is 0 Å². The number of rotatable bonds is 6. The minimum Gasteiger partial charge on any atom is -0.462 e. The Morgan fingerprint density at radius 1 is 0.800 bits per heavy atom. The molecule has 0 atom stereocenters. The first-order chi connectivity index (χ1) is 9.32. The van der Waals surface area contributed by atoms with E-state index in [4.69, 9.17) is 9.47 Å². The summed E-state index contributed by atoms with van der Waals surface area (Å²) in [5.74, 6) is -0.284. The summed E-state index contributed by atoms with van der Waals surface area (Å²) in [5.41, 5.74) is 0. The van der Waals surface area contributed by atoms with Crippen molar-refractivity contribution >= 4 is 11.9 Å². The van der Waals surface area contributed by atoms with Gasteiger partial charge in [-0.25, -0.2) is 9.59 Å². The normalized spacial score (nSPS) is 29.8. The van der Waals surface area contributed by atoms with Gasteiger partial charge in [0.1, 0.15) is 26.2 Å². The lowest BCUT2D eigenvalue weighted by atomic mass is 10.2. The molecular formula is C14H28N2O4+2. The Morgan fingerprint density at radius 3 is 1.35 bits per heavy atom. The van der Waals surface area contributed by atoms with E-state index in [0.717, 1.165) is 26.2 Å². The van der Waals surface area contributed by atoms with Crippen molar-refractivity contribution < 1.29 is 28.0 Å². The van der Waals surface area contributed by atoms with Gasteiger partial charge >= 0.3 is 11.9 Å². The molecule has 1 rings (SSSR count). The van der Waals surface area contributed by atoms with Crippen molar-refractivity contribution in [1.82, 2.24) is 0 Å². The highest BCUT2D eigenvalue weighted by atomic mass is 16.5. The molecule has 1 aliphatic heterocycles. The summed E-state index contributed by atoms with van der Waals surface area (Å²) in [6, 6.07) is 0. The topological polar surface area (TPSA) is 52.6 Å². The minimum atomic E-state index is -0.142. The number of quaternary nitrogens is 2. The molecule has 6 nitrogen and oxygen atoms in total. The first-order valence-corrected chi connectivity index (χ1v) is 7.31. The van der Waals surface area contributed by atoms with Crippen LogP contribution >= 0.6 is 0 Å². The van der Waals surface area contributed by atoms with Gasteiger partial charge in [-0.1, -0.05) is 0 Å². The molecule has 0 N–H and O–H groups in total. The zero-order valence-electron chi connectivity index (χ0n) is 13.2. The maximum absolute atomic E-state index is 11.6. The molecular weight excluding hydrogens is 260 g/mol. The minimum absolute atomic E-state index is 0.142. The summed E-state index contributed by atoms with van der Waals surface area (Å²) in [4.78, 5) is 23.2. The van der Waals surface area contributed by atoms with Gasteiger partial charge in [-0.3, -0.25) is 0 Å². The summed E-state index contributed by atoms with van der Waals surface area (Å²) < 4.78 is 11.4. The van der Waals surface area contributed by atoms with E-state index in [0.29, 0.717) is 35.3 Å². The lowest BCUT2D eigenvalue weighted by Gasteiger charge is -2.45. The summed E-state index contributed by atoms with van der Waals surface area (Å²) in [6.45, 7) is 8.79. The molecule has 116 valence electrons. The van der Waals surface area contributed by atoms with Crippen LogP contribution in [0.1, 0.15) is 13.8 Å². The van der Waals surface area contributed by atoms with Crippen LogP contribution in [0, 0.1) is 0 Å². The largest absolute Gasteiger partial charge is 0.462 e. The molecule has 0 radical (unpaired) electrons. The molecule has 0 unspecified atom stereocenters. The second-order valence-corrected chi connectivity index (χ2v) is 6.06. The number of likely N-dealkylation sites (N-methyl/N-ethyl adjacent to an activating group) is 2. The first-order valence-electron chi connectivity index (χ1n) is 7.31. The van der Waals surface area contributed by atoms with Crippen molar-refractivity contribution in [2.75, 3.05) is 66.6 Å². The Labute approximate surface area is 121 Å². The fourth-order valence-corrected chi connectivity index (χ4v) is 2.54. The van der Waals surface area contributed by atoms with E-state index in [1.807, 2.05) is 13.8 Å². The summed E-state index contributed by atoms with van der Waals surface area (Å²) in [6.07, 6.45) is 0. The molecule has 0 aromatic carbocycles. The maximum Gasteiger partial charge on any atom is 0.361 e. The summed E-state index contributed by atoms with van der Waals surface area (Å²) in [7, 11) is 4.15. The molecule has 0 aromatic rings. The second-order valence-electron chi connectivity index (χ2n) is 6.06. The molecule has 1 aliphatic rings. The van der Waals surface area contributed by atoms with Crippen LogP contribution in [0.3, 0.4) is 0 Å². The Kier molecular flexibility index (Phi) is 5.95. The van der Waals surface area contributed by atoms with Crippen molar-refractivity contribution in [3.63, 3.8) is 0 Å².